The van der Waals surface area contributed by atoms with Crippen LogP contribution in [-0.2, 0) is 0 Å². The van der Waals surface area contributed by atoms with Gasteiger partial charge in [0.2, 0.25) is 0 Å². The van der Waals surface area contributed by atoms with Crippen molar-refractivity contribution in [1.82, 2.24) is 5.43 Å². The summed E-state index contributed by atoms with van der Waals surface area (Å²) in [5.74, 6) is 0.163. The summed E-state index contributed by atoms with van der Waals surface area (Å²) < 4.78 is 10.1. The molecule has 0 aliphatic rings. The fraction of sp³-hybridized carbons (Fsp3) is 0.143. The minimum absolute atomic E-state index is 0.0214. The van der Waals surface area contributed by atoms with Gasteiger partial charge >= 0.3 is 5.91 Å². The minimum atomic E-state index is -0.443. The monoisotopic (exact) mass is 274 g/mol. The summed E-state index contributed by atoms with van der Waals surface area (Å²) in [4.78, 5) is 11.5. The zero-order valence-corrected chi connectivity index (χ0v) is 10.9. The zero-order chi connectivity index (χ0) is 14.4. The molecule has 0 bridgehead atoms. The standard InChI is InChI=1S/C14H14N2O4/c1-2-19-12-6-5-10(8-11(12)17)9-15-16-14(18)13-4-3-7-20-13/h3-9,17H,2H2,1H3,(H,16,18)/b15-9+. The van der Waals surface area contributed by atoms with Gasteiger partial charge in [-0.2, -0.15) is 5.10 Å². The Balaban J connectivity index is 1.98. The molecule has 1 aromatic heterocycles. The summed E-state index contributed by atoms with van der Waals surface area (Å²) in [6.45, 7) is 2.30. The molecule has 0 atom stereocenters. The maximum atomic E-state index is 11.5. The summed E-state index contributed by atoms with van der Waals surface area (Å²) >= 11 is 0. The largest absolute Gasteiger partial charge is 0.504 e. The second-order valence-corrected chi connectivity index (χ2v) is 3.84. The molecule has 6 nitrogen and oxygen atoms in total. The van der Waals surface area contributed by atoms with Gasteiger partial charge < -0.3 is 14.3 Å². The molecule has 2 rings (SSSR count). The predicted molar refractivity (Wildman–Crippen MR) is 73.0 cm³/mol. The average molecular weight is 274 g/mol. The van der Waals surface area contributed by atoms with Gasteiger partial charge in [0.15, 0.2) is 17.3 Å². The van der Waals surface area contributed by atoms with Crippen LogP contribution in [0, 0.1) is 0 Å². The molecular weight excluding hydrogens is 260 g/mol. The second kappa shape index (κ2) is 6.42. The number of phenols is 1. The molecular formula is C14H14N2O4. The van der Waals surface area contributed by atoms with E-state index in [1.54, 1.807) is 18.2 Å². The van der Waals surface area contributed by atoms with Crippen LogP contribution >= 0.6 is 0 Å². The van der Waals surface area contributed by atoms with E-state index < -0.39 is 5.91 Å². The van der Waals surface area contributed by atoms with E-state index in [0.29, 0.717) is 17.9 Å². The van der Waals surface area contributed by atoms with E-state index in [4.69, 9.17) is 9.15 Å². The molecule has 0 saturated carbocycles. The van der Waals surface area contributed by atoms with Gasteiger partial charge in [-0.25, -0.2) is 5.43 Å². The molecule has 0 radical (unpaired) electrons. The van der Waals surface area contributed by atoms with E-state index in [1.807, 2.05) is 6.92 Å². The van der Waals surface area contributed by atoms with Crippen LogP contribution in [0.2, 0.25) is 0 Å². The Hall–Kier alpha value is -2.76. The normalized spacial score (nSPS) is 10.7. The number of nitrogens with one attached hydrogen (secondary N) is 1. The van der Waals surface area contributed by atoms with Crippen LogP contribution in [0.4, 0.5) is 0 Å². The number of amides is 1. The van der Waals surface area contributed by atoms with E-state index >= 15 is 0 Å². The first-order valence-corrected chi connectivity index (χ1v) is 6.03. The highest BCUT2D eigenvalue weighted by Gasteiger charge is 2.06. The lowest BCUT2D eigenvalue weighted by Crippen LogP contribution is -2.16. The van der Waals surface area contributed by atoms with Crippen molar-refractivity contribution in [2.24, 2.45) is 5.10 Å². The topological polar surface area (TPSA) is 84.1 Å². The van der Waals surface area contributed by atoms with Crippen molar-refractivity contribution in [2.75, 3.05) is 6.61 Å². The molecule has 0 fully saturated rings. The number of aromatic hydroxyl groups is 1. The van der Waals surface area contributed by atoms with E-state index in [2.05, 4.69) is 10.5 Å². The summed E-state index contributed by atoms with van der Waals surface area (Å²) in [5, 5.41) is 13.5. The number of furan rings is 1. The molecule has 0 unspecified atom stereocenters. The number of phenolic OH excluding ortho intramolecular Hbond substituents is 1. The Morgan fingerprint density at radius 2 is 2.35 bits per heavy atom. The third-order valence-corrected chi connectivity index (χ3v) is 2.41. The highest BCUT2D eigenvalue weighted by molar-refractivity contribution is 5.92. The first-order chi connectivity index (χ1) is 9.70. The van der Waals surface area contributed by atoms with Crippen LogP contribution in [0.15, 0.2) is 46.1 Å². The first kappa shape index (κ1) is 13.7. The van der Waals surface area contributed by atoms with E-state index in [9.17, 15) is 9.90 Å². The number of hydrogen-bond acceptors (Lipinski definition) is 5. The Morgan fingerprint density at radius 1 is 1.50 bits per heavy atom. The second-order valence-electron chi connectivity index (χ2n) is 3.84. The van der Waals surface area contributed by atoms with Gasteiger partial charge in [0, 0.05) is 0 Å². The molecule has 0 aliphatic carbocycles. The maximum Gasteiger partial charge on any atom is 0.307 e. The summed E-state index contributed by atoms with van der Waals surface area (Å²) in [5.41, 5.74) is 2.95. The van der Waals surface area contributed by atoms with Crippen molar-refractivity contribution in [3.05, 3.63) is 47.9 Å². The van der Waals surface area contributed by atoms with Gasteiger partial charge in [0.25, 0.3) is 0 Å². The predicted octanol–water partition coefficient (Wildman–Crippen LogP) is 2.15. The lowest BCUT2D eigenvalue weighted by atomic mass is 10.2. The maximum absolute atomic E-state index is 11.5. The van der Waals surface area contributed by atoms with Crippen molar-refractivity contribution in [3.8, 4) is 11.5 Å². The molecule has 0 aliphatic heterocycles. The fourth-order valence-electron chi connectivity index (χ4n) is 1.52. The molecule has 0 spiro atoms. The molecule has 20 heavy (non-hydrogen) atoms. The number of hydrogen-bond donors (Lipinski definition) is 2. The number of nitrogens with zero attached hydrogens (tertiary/aromatic N) is 1. The molecule has 1 aromatic carbocycles. The van der Waals surface area contributed by atoms with Crippen molar-refractivity contribution in [2.45, 2.75) is 6.92 Å². The number of carbonyl (C=O) groups excluding carboxylic acids is 1. The summed E-state index contributed by atoms with van der Waals surface area (Å²) in [7, 11) is 0. The van der Waals surface area contributed by atoms with Gasteiger partial charge in [0.1, 0.15) is 0 Å². The summed E-state index contributed by atoms with van der Waals surface area (Å²) in [6, 6.07) is 7.99. The van der Waals surface area contributed by atoms with Crippen molar-refractivity contribution >= 4 is 12.1 Å². The molecule has 2 N–H and O–H groups in total. The molecule has 2 aromatic rings. The van der Waals surface area contributed by atoms with E-state index in [-0.39, 0.29) is 11.5 Å². The van der Waals surface area contributed by atoms with Gasteiger partial charge in [-0.05, 0) is 42.8 Å². The average Bonchev–Trinajstić information content (AvgIpc) is 2.96. The van der Waals surface area contributed by atoms with Crippen molar-refractivity contribution < 1.29 is 19.1 Å². The van der Waals surface area contributed by atoms with Gasteiger partial charge in [-0.15, -0.1) is 0 Å². The third kappa shape index (κ3) is 3.38. The van der Waals surface area contributed by atoms with Crippen LogP contribution < -0.4 is 10.2 Å². The lowest BCUT2D eigenvalue weighted by molar-refractivity contribution is 0.0927. The molecule has 1 heterocycles. The molecule has 0 saturated heterocycles. The van der Waals surface area contributed by atoms with E-state index in [0.717, 1.165) is 0 Å². The Morgan fingerprint density at radius 3 is 3.00 bits per heavy atom. The first-order valence-electron chi connectivity index (χ1n) is 6.03. The van der Waals surface area contributed by atoms with Crippen LogP contribution in [0.5, 0.6) is 11.5 Å². The molecule has 6 heteroatoms. The minimum Gasteiger partial charge on any atom is -0.504 e. The Labute approximate surface area is 115 Å². The molecule has 104 valence electrons. The van der Waals surface area contributed by atoms with Crippen LogP contribution in [0.1, 0.15) is 23.0 Å². The van der Waals surface area contributed by atoms with Crippen LogP contribution in [0.25, 0.3) is 0 Å². The van der Waals surface area contributed by atoms with Crippen molar-refractivity contribution in [3.63, 3.8) is 0 Å². The van der Waals surface area contributed by atoms with Gasteiger partial charge in [-0.3, -0.25) is 4.79 Å². The number of rotatable bonds is 5. The Kier molecular flexibility index (Phi) is 4.39. The third-order valence-electron chi connectivity index (χ3n) is 2.41. The number of ether oxygens (including phenoxy) is 1. The SMILES string of the molecule is CCOc1ccc(/C=N/NC(=O)c2ccco2)cc1O. The van der Waals surface area contributed by atoms with Gasteiger partial charge in [0.05, 0.1) is 19.1 Å². The number of hydrazone groups is 1. The van der Waals surface area contributed by atoms with E-state index in [1.165, 1.54) is 24.6 Å². The molecule has 1 amide bonds. The Bertz CT molecular complexity index is 606. The lowest BCUT2D eigenvalue weighted by Gasteiger charge is -2.05. The fourth-order valence-corrected chi connectivity index (χ4v) is 1.52. The quantitative estimate of drug-likeness (QED) is 0.646. The van der Waals surface area contributed by atoms with Crippen LogP contribution in [0.3, 0.4) is 0 Å². The van der Waals surface area contributed by atoms with Crippen molar-refractivity contribution in [1.29, 1.82) is 0 Å². The summed E-state index contributed by atoms with van der Waals surface area (Å²) in [6.07, 6.45) is 2.82. The zero-order valence-electron chi connectivity index (χ0n) is 10.9. The number of benzene rings is 1. The highest BCUT2D eigenvalue weighted by Crippen LogP contribution is 2.25. The van der Waals surface area contributed by atoms with Crippen LogP contribution in [-0.4, -0.2) is 23.8 Å². The number of carbonyl (C=O) groups is 1. The van der Waals surface area contributed by atoms with Gasteiger partial charge in [-0.1, -0.05) is 0 Å². The highest BCUT2D eigenvalue weighted by atomic mass is 16.5. The smallest absolute Gasteiger partial charge is 0.307 e.